The molecule has 1 aliphatic heterocycles. The SMILES string of the molecule is Cc1c(C(=O)N2CCCC2(C)C(=O)O)cnn1-c1cccc(C(F)(F)F)c1. The van der Waals surface area contributed by atoms with E-state index in [1.807, 2.05) is 0 Å². The van der Waals surface area contributed by atoms with E-state index in [0.717, 1.165) is 12.1 Å². The van der Waals surface area contributed by atoms with Crippen LogP contribution >= 0.6 is 0 Å². The van der Waals surface area contributed by atoms with Gasteiger partial charge in [0.15, 0.2) is 0 Å². The number of carbonyl (C=O) groups is 2. The average molecular weight is 381 g/mol. The maximum absolute atomic E-state index is 12.9. The fourth-order valence-electron chi connectivity index (χ4n) is 3.35. The summed E-state index contributed by atoms with van der Waals surface area (Å²) >= 11 is 0. The summed E-state index contributed by atoms with van der Waals surface area (Å²) in [5, 5.41) is 13.5. The number of benzene rings is 1. The highest BCUT2D eigenvalue weighted by Gasteiger charge is 2.46. The van der Waals surface area contributed by atoms with Gasteiger partial charge in [-0.15, -0.1) is 0 Å². The van der Waals surface area contributed by atoms with E-state index in [-0.39, 0.29) is 11.3 Å². The lowest BCUT2D eigenvalue weighted by molar-refractivity contribution is -0.147. The summed E-state index contributed by atoms with van der Waals surface area (Å²) in [4.78, 5) is 25.8. The number of carbonyl (C=O) groups excluding carboxylic acids is 1. The van der Waals surface area contributed by atoms with Gasteiger partial charge in [-0.3, -0.25) is 4.79 Å². The summed E-state index contributed by atoms with van der Waals surface area (Å²) in [6.45, 7) is 3.36. The summed E-state index contributed by atoms with van der Waals surface area (Å²) < 4.78 is 40.1. The van der Waals surface area contributed by atoms with Crippen LogP contribution in [-0.4, -0.2) is 43.7 Å². The number of aromatic nitrogens is 2. The third kappa shape index (κ3) is 3.17. The molecule has 1 atom stereocenters. The minimum Gasteiger partial charge on any atom is -0.480 e. The van der Waals surface area contributed by atoms with Crippen LogP contribution in [0.1, 0.15) is 41.4 Å². The maximum atomic E-state index is 12.9. The molecule has 2 heterocycles. The molecule has 2 aromatic rings. The van der Waals surface area contributed by atoms with Crippen molar-refractivity contribution in [3.8, 4) is 5.69 Å². The Bertz CT molecular complexity index is 907. The van der Waals surface area contributed by atoms with Crippen molar-refractivity contribution < 1.29 is 27.9 Å². The first-order valence-electron chi connectivity index (χ1n) is 8.33. The number of carboxylic acid groups (broad SMARTS) is 1. The highest BCUT2D eigenvalue weighted by atomic mass is 19.4. The van der Waals surface area contributed by atoms with E-state index in [1.54, 1.807) is 6.92 Å². The van der Waals surface area contributed by atoms with E-state index in [1.165, 1.54) is 34.8 Å². The first-order chi connectivity index (χ1) is 12.6. The summed E-state index contributed by atoms with van der Waals surface area (Å²) in [6, 6.07) is 4.63. The molecule has 3 rings (SSSR count). The molecule has 1 N–H and O–H groups in total. The predicted octanol–water partition coefficient (Wildman–Crippen LogP) is 3.28. The van der Waals surface area contributed by atoms with Crippen molar-refractivity contribution in [1.82, 2.24) is 14.7 Å². The molecule has 1 aromatic heterocycles. The van der Waals surface area contributed by atoms with Crippen LogP contribution in [0.4, 0.5) is 13.2 Å². The molecule has 1 fully saturated rings. The summed E-state index contributed by atoms with van der Waals surface area (Å²) in [5.74, 6) is -1.58. The number of hydrogen-bond acceptors (Lipinski definition) is 3. The van der Waals surface area contributed by atoms with E-state index >= 15 is 0 Å². The fourth-order valence-corrected chi connectivity index (χ4v) is 3.35. The summed E-state index contributed by atoms with van der Waals surface area (Å²) in [6.07, 6.45) is -2.32. The van der Waals surface area contributed by atoms with Crippen molar-refractivity contribution in [3.63, 3.8) is 0 Å². The van der Waals surface area contributed by atoms with Crippen LogP contribution in [0.2, 0.25) is 0 Å². The first-order valence-corrected chi connectivity index (χ1v) is 8.33. The molecule has 1 unspecified atom stereocenters. The highest BCUT2D eigenvalue weighted by molar-refractivity contribution is 5.99. The topological polar surface area (TPSA) is 75.4 Å². The second-order valence-corrected chi connectivity index (χ2v) is 6.74. The minimum absolute atomic E-state index is 0.168. The van der Waals surface area contributed by atoms with E-state index in [2.05, 4.69) is 5.10 Å². The highest BCUT2D eigenvalue weighted by Crippen LogP contribution is 2.33. The number of amides is 1. The van der Waals surface area contributed by atoms with Crippen LogP contribution in [0, 0.1) is 6.92 Å². The van der Waals surface area contributed by atoms with Gasteiger partial charge in [0.05, 0.1) is 28.7 Å². The van der Waals surface area contributed by atoms with Crippen LogP contribution in [-0.2, 0) is 11.0 Å². The molecule has 0 spiro atoms. The number of halogens is 3. The average Bonchev–Trinajstić information content (AvgIpc) is 3.18. The van der Waals surface area contributed by atoms with Crippen LogP contribution in [0.15, 0.2) is 30.5 Å². The van der Waals surface area contributed by atoms with Gasteiger partial charge in [0.25, 0.3) is 5.91 Å². The Hall–Kier alpha value is -2.84. The lowest BCUT2D eigenvalue weighted by Crippen LogP contribution is -2.50. The molecule has 1 aromatic carbocycles. The van der Waals surface area contributed by atoms with Crippen LogP contribution in [0.3, 0.4) is 0 Å². The fraction of sp³-hybridized carbons (Fsp3) is 0.389. The van der Waals surface area contributed by atoms with Gasteiger partial charge in [-0.1, -0.05) is 6.07 Å². The smallest absolute Gasteiger partial charge is 0.416 e. The monoisotopic (exact) mass is 381 g/mol. The Labute approximate surface area is 153 Å². The predicted molar refractivity (Wildman–Crippen MR) is 89.6 cm³/mol. The molecule has 27 heavy (non-hydrogen) atoms. The minimum atomic E-state index is -4.49. The van der Waals surface area contributed by atoms with Gasteiger partial charge in [0, 0.05) is 6.54 Å². The van der Waals surface area contributed by atoms with Crippen molar-refractivity contribution in [2.24, 2.45) is 0 Å². The lowest BCUT2D eigenvalue weighted by Gasteiger charge is -2.31. The van der Waals surface area contributed by atoms with Crippen molar-refractivity contribution in [1.29, 1.82) is 0 Å². The third-order valence-corrected chi connectivity index (χ3v) is 5.01. The normalized spacial score (nSPS) is 20.1. The molecule has 1 aliphatic rings. The maximum Gasteiger partial charge on any atom is 0.416 e. The lowest BCUT2D eigenvalue weighted by atomic mass is 9.98. The zero-order chi connectivity index (χ0) is 20.0. The number of alkyl halides is 3. The second kappa shape index (κ2) is 6.40. The van der Waals surface area contributed by atoms with Gasteiger partial charge in [-0.25, -0.2) is 9.48 Å². The van der Waals surface area contributed by atoms with Gasteiger partial charge in [0.2, 0.25) is 0 Å². The second-order valence-electron chi connectivity index (χ2n) is 6.74. The quantitative estimate of drug-likeness (QED) is 0.885. The molecular formula is C18H18F3N3O3. The van der Waals surface area contributed by atoms with Gasteiger partial charge >= 0.3 is 12.1 Å². The molecule has 0 aliphatic carbocycles. The molecule has 0 radical (unpaired) electrons. The number of carboxylic acids is 1. The molecular weight excluding hydrogens is 363 g/mol. The van der Waals surface area contributed by atoms with Crippen molar-refractivity contribution in [2.45, 2.75) is 38.4 Å². The Morgan fingerprint density at radius 1 is 1.30 bits per heavy atom. The standard InChI is InChI=1S/C18H18F3N3O3/c1-11-14(15(25)23-8-4-7-17(23,2)16(26)27)10-22-24(11)13-6-3-5-12(9-13)18(19,20)21/h3,5-6,9-10H,4,7-8H2,1-2H3,(H,26,27). The van der Waals surface area contributed by atoms with Gasteiger partial charge in [0.1, 0.15) is 5.54 Å². The Balaban J connectivity index is 1.97. The number of aliphatic carboxylic acids is 1. The van der Waals surface area contributed by atoms with Crippen molar-refractivity contribution in [2.75, 3.05) is 6.54 Å². The molecule has 6 nitrogen and oxygen atoms in total. The van der Waals surface area contributed by atoms with Crippen LogP contribution in [0.25, 0.3) is 5.69 Å². The van der Waals surface area contributed by atoms with Crippen molar-refractivity contribution >= 4 is 11.9 Å². The van der Waals surface area contributed by atoms with E-state index in [9.17, 15) is 27.9 Å². The molecule has 144 valence electrons. The molecule has 9 heteroatoms. The summed E-state index contributed by atoms with van der Waals surface area (Å²) in [7, 11) is 0. The van der Waals surface area contributed by atoms with Gasteiger partial charge < -0.3 is 10.0 Å². The zero-order valence-corrected chi connectivity index (χ0v) is 14.7. The summed E-state index contributed by atoms with van der Waals surface area (Å²) in [5.41, 5.74) is -1.44. The van der Waals surface area contributed by atoms with E-state index < -0.39 is 29.2 Å². The third-order valence-electron chi connectivity index (χ3n) is 5.01. The Morgan fingerprint density at radius 3 is 2.63 bits per heavy atom. The van der Waals surface area contributed by atoms with Crippen LogP contribution < -0.4 is 0 Å². The zero-order valence-electron chi connectivity index (χ0n) is 14.7. The van der Waals surface area contributed by atoms with Crippen LogP contribution in [0.5, 0.6) is 0 Å². The Morgan fingerprint density at radius 2 is 2.00 bits per heavy atom. The van der Waals surface area contributed by atoms with E-state index in [4.69, 9.17) is 0 Å². The van der Waals surface area contributed by atoms with Crippen molar-refractivity contribution in [3.05, 3.63) is 47.3 Å². The van der Waals surface area contributed by atoms with Gasteiger partial charge in [-0.05, 0) is 44.9 Å². The molecule has 1 amide bonds. The first kappa shape index (κ1) is 18.9. The number of hydrogen-bond donors (Lipinski definition) is 1. The Kier molecular flexibility index (Phi) is 4.49. The largest absolute Gasteiger partial charge is 0.480 e. The van der Waals surface area contributed by atoms with E-state index in [0.29, 0.717) is 25.1 Å². The number of likely N-dealkylation sites (tertiary alicyclic amines) is 1. The molecule has 0 bridgehead atoms. The number of rotatable bonds is 3. The van der Waals surface area contributed by atoms with Gasteiger partial charge in [-0.2, -0.15) is 18.3 Å². The molecule has 0 saturated carbocycles. The molecule has 1 saturated heterocycles. The number of nitrogens with zero attached hydrogens (tertiary/aromatic N) is 3.